The van der Waals surface area contributed by atoms with Gasteiger partial charge >= 0.3 is 0 Å². The molecule has 0 saturated carbocycles. The van der Waals surface area contributed by atoms with E-state index in [4.69, 9.17) is 0 Å². The van der Waals surface area contributed by atoms with Gasteiger partial charge in [0.1, 0.15) is 0 Å². The molecule has 1 amide bonds. The molecule has 4 heteroatoms. The van der Waals surface area contributed by atoms with Crippen LogP contribution in [0.2, 0.25) is 0 Å². The van der Waals surface area contributed by atoms with E-state index in [-0.39, 0.29) is 5.91 Å². The summed E-state index contributed by atoms with van der Waals surface area (Å²) in [6.45, 7) is 6.63. The van der Waals surface area contributed by atoms with E-state index in [1.165, 1.54) is 18.5 Å². The minimum absolute atomic E-state index is 0.0548. The van der Waals surface area contributed by atoms with Crippen LogP contribution >= 0.6 is 0 Å². The summed E-state index contributed by atoms with van der Waals surface area (Å²) in [7, 11) is 0. The standard InChI is InChI=1S/C22H25N3O/c1-15-10-12-25(13-11-15)18-8-6-17(7-9-18)23-14-19-21-16(2)4-3-5-20(21)24-22(19)26/h3-9,14-15,23H,10-13H2,1-2H3,(H,24,26)/b19-14+. The Labute approximate surface area is 154 Å². The lowest BCUT2D eigenvalue weighted by Gasteiger charge is -2.32. The number of benzene rings is 2. The van der Waals surface area contributed by atoms with Crippen molar-refractivity contribution in [2.75, 3.05) is 28.6 Å². The Morgan fingerprint density at radius 1 is 1.12 bits per heavy atom. The molecule has 0 atom stereocenters. The average Bonchev–Trinajstić information content (AvgIpc) is 2.98. The van der Waals surface area contributed by atoms with Crippen molar-refractivity contribution in [1.82, 2.24) is 0 Å². The summed E-state index contributed by atoms with van der Waals surface area (Å²) in [5.74, 6) is 0.781. The molecule has 2 aromatic rings. The Kier molecular flexibility index (Phi) is 4.41. The number of nitrogens with zero attached hydrogens (tertiary/aromatic N) is 1. The summed E-state index contributed by atoms with van der Waals surface area (Å²) >= 11 is 0. The highest BCUT2D eigenvalue weighted by Crippen LogP contribution is 2.34. The monoisotopic (exact) mass is 347 g/mol. The van der Waals surface area contributed by atoms with Gasteiger partial charge in [0.15, 0.2) is 0 Å². The van der Waals surface area contributed by atoms with Crippen LogP contribution in [0.4, 0.5) is 17.1 Å². The second-order valence-electron chi connectivity index (χ2n) is 7.37. The van der Waals surface area contributed by atoms with E-state index < -0.39 is 0 Å². The molecule has 0 radical (unpaired) electrons. The highest BCUT2D eigenvalue weighted by atomic mass is 16.2. The lowest BCUT2D eigenvalue weighted by molar-refractivity contribution is -0.110. The van der Waals surface area contributed by atoms with E-state index in [1.54, 1.807) is 0 Å². The van der Waals surface area contributed by atoms with Gasteiger partial charge in [-0.25, -0.2) is 0 Å². The van der Waals surface area contributed by atoms with Crippen molar-refractivity contribution < 1.29 is 4.79 Å². The summed E-state index contributed by atoms with van der Waals surface area (Å²) in [5, 5.41) is 6.21. The molecule has 4 nitrogen and oxygen atoms in total. The number of fused-ring (bicyclic) bond motifs is 1. The molecule has 0 unspecified atom stereocenters. The molecule has 26 heavy (non-hydrogen) atoms. The molecule has 2 N–H and O–H groups in total. The number of rotatable bonds is 3. The maximum atomic E-state index is 12.3. The molecule has 0 spiro atoms. The van der Waals surface area contributed by atoms with E-state index in [0.717, 1.165) is 41.5 Å². The minimum Gasteiger partial charge on any atom is -0.372 e. The van der Waals surface area contributed by atoms with Gasteiger partial charge < -0.3 is 15.5 Å². The zero-order chi connectivity index (χ0) is 18.1. The van der Waals surface area contributed by atoms with Gasteiger partial charge in [-0.2, -0.15) is 0 Å². The van der Waals surface area contributed by atoms with Crippen molar-refractivity contribution in [3.63, 3.8) is 0 Å². The number of hydrogen-bond acceptors (Lipinski definition) is 3. The first-order valence-electron chi connectivity index (χ1n) is 9.35. The van der Waals surface area contributed by atoms with Crippen molar-refractivity contribution in [2.45, 2.75) is 26.7 Å². The summed E-state index contributed by atoms with van der Waals surface area (Å²) in [4.78, 5) is 14.7. The molecule has 0 bridgehead atoms. The zero-order valence-corrected chi connectivity index (χ0v) is 15.4. The first-order chi connectivity index (χ1) is 12.6. The quantitative estimate of drug-likeness (QED) is 0.795. The van der Waals surface area contributed by atoms with E-state index in [2.05, 4.69) is 46.7 Å². The Hall–Kier alpha value is -2.75. The molecule has 2 aliphatic rings. The van der Waals surface area contributed by atoms with Gasteiger partial charge in [-0.05, 0) is 61.6 Å². The third-order valence-corrected chi connectivity index (χ3v) is 5.43. The number of piperidine rings is 1. The number of aryl methyl sites for hydroxylation is 1. The second kappa shape index (κ2) is 6.87. The van der Waals surface area contributed by atoms with Crippen LogP contribution in [0.1, 0.15) is 30.9 Å². The molecule has 0 aliphatic carbocycles. The number of hydrogen-bond donors (Lipinski definition) is 2. The van der Waals surface area contributed by atoms with Crippen molar-refractivity contribution in [1.29, 1.82) is 0 Å². The van der Waals surface area contributed by atoms with Crippen molar-refractivity contribution >= 4 is 28.5 Å². The molecule has 134 valence electrons. The fraction of sp³-hybridized carbons (Fsp3) is 0.318. The number of carbonyl (C=O) groups is 1. The predicted molar refractivity (Wildman–Crippen MR) is 108 cm³/mol. The third kappa shape index (κ3) is 3.19. The maximum absolute atomic E-state index is 12.3. The first kappa shape index (κ1) is 16.7. The SMILES string of the molecule is Cc1cccc2c1/C(=C\Nc1ccc(N3CCC(C)CC3)cc1)C(=O)N2. The second-order valence-corrected chi connectivity index (χ2v) is 7.37. The van der Waals surface area contributed by atoms with Gasteiger partial charge in [-0.15, -0.1) is 0 Å². The lowest BCUT2D eigenvalue weighted by Crippen LogP contribution is -2.32. The van der Waals surface area contributed by atoms with Crippen LogP contribution < -0.4 is 15.5 Å². The molecule has 2 aliphatic heterocycles. The molecule has 1 fully saturated rings. The van der Waals surface area contributed by atoms with Gasteiger partial charge in [0.05, 0.1) is 5.57 Å². The van der Waals surface area contributed by atoms with Gasteiger partial charge in [-0.1, -0.05) is 19.1 Å². The smallest absolute Gasteiger partial charge is 0.257 e. The molecule has 4 rings (SSSR count). The summed E-state index contributed by atoms with van der Waals surface area (Å²) < 4.78 is 0. The molecule has 2 heterocycles. The van der Waals surface area contributed by atoms with Crippen LogP contribution in [-0.4, -0.2) is 19.0 Å². The molecule has 0 aromatic heterocycles. The number of nitrogens with one attached hydrogen (secondary N) is 2. The Balaban J connectivity index is 1.49. The van der Waals surface area contributed by atoms with E-state index in [9.17, 15) is 4.79 Å². The highest BCUT2D eigenvalue weighted by molar-refractivity contribution is 6.32. The Morgan fingerprint density at radius 3 is 2.58 bits per heavy atom. The summed E-state index contributed by atoms with van der Waals surface area (Å²) in [6, 6.07) is 14.4. The first-order valence-corrected chi connectivity index (χ1v) is 9.35. The maximum Gasteiger partial charge on any atom is 0.257 e. The predicted octanol–water partition coefficient (Wildman–Crippen LogP) is 4.64. The van der Waals surface area contributed by atoms with E-state index in [0.29, 0.717) is 5.57 Å². The fourth-order valence-electron chi connectivity index (χ4n) is 3.76. The highest BCUT2D eigenvalue weighted by Gasteiger charge is 2.25. The van der Waals surface area contributed by atoms with Crippen LogP contribution in [0.15, 0.2) is 48.7 Å². The van der Waals surface area contributed by atoms with Crippen molar-refractivity contribution in [2.24, 2.45) is 5.92 Å². The van der Waals surface area contributed by atoms with Gasteiger partial charge in [0.2, 0.25) is 0 Å². The topological polar surface area (TPSA) is 44.4 Å². The van der Waals surface area contributed by atoms with E-state index in [1.807, 2.05) is 31.3 Å². The number of anilines is 3. The molecule has 2 aromatic carbocycles. The Bertz CT molecular complexity index is 846. The number of carbonyl (C=O) groups excluding carboxylic acids is 1. The average molecular weight is 347 g/mol. The van der Waals surface area contributed by atoms with Gasteiger partial charge in [0.25, 0.3) is 5.91 Å². The van der Waals surface area contributed by atoms with Crippen LogP contribution in [0.5, 0.6) is 0 Å². The molecular weight excluding hydrogens is 322 g/mol. The normalized spacial score (nSPS) is 18.8. The zero-order valence-electron chi connectivity index (χ0n) is 15.4. The fourth-order valence-corrected chi connectivity index (χ4v) is 3.76. The largest absolute Gasteiger partial charge is 0.372 e. The molecular formula is C22H25N3O. The minimum atomic E-state index is -0.0548. The third-order valence-electron chi connectivity index (χ3n) is 5.43. The summed E-state index contributed by atoms with van der Waals surface area (Å²) in [5.41, 5.74) is 5.92. The van der Waals surface area contributed by atoms with E-state index >= 15 is 0 Å². The summed E-state index contributed by atoms with van der Waals surface area (Å²) in [6.07, 6.45) is 4.34. The van der Waals surface area contributed by atoms with Crippen molar-refractivity contribution in [3.05, 3.63) is 59.8 Å². The van der Waals surface area contributed by atoms with Crippen LogP contribution in [0, 0.1) is 12.8 Å². The van der Waals surface area contributed by atoms with Crippen LogP contribution in [0.25, 0.3) is 5.57 Å². The van der Waals surface area contributed by atoms with Gasteiger partial charge in [-0.3, -0.25) is 4.79 Å². The van der Waals surface area contributed by atoms with Crippen molar-refractivity contribution in [3.8, 4) is 0 Å². The Morgan fingerprint density at radius 2 is 1.85 bits per heavy atom. The van der Waals surface area contributed by atoms with Crippen LogP contribution in [0.3, 0.4) is 0 Å². The van der Waals surface area contributed by atoms with Gasteiger partial charge in [0, 0.05) is 41.9 Å². The number of amides is 1. The lowest BCUT2D eigenvalue weighted by atomic mass is 9.99. The molecule has 1 saturated heterocycles. The van der Waals surface area contributed by atoms with Crippen LogP contribution in [-0.2, 0) is 4.79 Å².